The SMILES string of the molecule is CC=CC(C)=CC=CC(C)=CC=CC=C(C)C=CC=C(C)C=CC1=C(C)CCCC1(C)C. The van der Waals surface area contributed by atoms with Crippen LogP contribution in [0.4, 0.5) is 0 Å². The molecule has 0 heterocycles. The summed E-state index contributed by atoms with van der Waals surface area (Å²) in [5.74, 6) is 0. The second kappa shape index (κ2) is 14.5. The molecular weight excluding hydrogens is 384 g/mol. The van der Waals surface area contributed by atoms with Gasteiger partial charge in [0, 0.05) is 0 Å². The van der Waals surface area contributed by atoms with Crippen LogP contribution in [0.15, 0.2) is 119 Å². The Morgan fingerprint density at radius 1 is 0.688 bits per heavy atom. The molecule has 0 amide bonds. The molecule has 0 spiro atoms. The molecule has 32 heavy (non-hydrogen) atoms. The molecule has 0 saturated carbocycles. The van der Waals surface area contributed by atoms with Gasteiger partial charge in [-0.1, -0.05) is 127 Å². The van der Waals surface area contributed by atoms with E-state index in [4.69, 9.17) is 0 Å². The zero-order valence-electron chi connectivity index (χ0n) is 21.7. The zero-order chi connectivity index (χ0) is 24.0. The van der Waals surface area contributed by atoms with Crippen LogP contribution in [0.3, 0.4) is 0 Å². The first-order chi connectivity index (χ1) is 15.2. The Morgan fingerprint density at radius 3 is 1.66 bits per heavy atom. The van der Waals surface area contributed by atoms with Crippen LogP contribution < -0.4 is 0 Å². The summed E-state index contributed by atoms with van der Waals surface area (Å²) in [4.78, 5) is 0. The van der Waals surface area contributed by atoms with Crippen molar-refractivity contribution < 1.29 is 0 Å². The second-order valence-electron chi connectivity index (χ2n) is 9.51. The average Bonchev–Trinajstić information content (AvgIpc) is 2.70. The van der Waals surface area contributed by atoms with Gasteiger partial charge in [0.25, 0.3) is 0 Å². The lowest BCUT2D eigenvalue weighted by Gasteiger charge is -2.32. The summed E-state index contributed by atoms with van der Waals surface area (Å²) in [6, 6.07) is 0. The average molecular weight is 429 g/mol. The van der Waals surface area contributed by atoms with Crippen LogP contribution in [0.1, 0.15) is 74.7 Å². The first-order valence-corrected chi connectivity index (χ1v) is 11.9. The minimum absolute atomic E-state index is 0.297. The number of allylic oxidation sites excluding steroid dienone is 20. The molecule has 1 aliphatic rings. The van der Waals surface area contributed by atoms with Gasteiger partial charge in [-0.2, -0.15) is 0 Å². The zero-order valence-corrected chi connectivity index (χ0v) is 21.7. The molecule has 0 aromatic heterocycles. The Morgan fingerprint density at radius 2 is 1.16 bits per heavy atom. The Bertz CT molecular complexity index is 909. The molecule has 0 nitrogen and oxygen atoms in total. The van der Waals surface area contributed by atoms with Crippen LogP contribution in [0.5, 0.6) is 0 Å². The van der Waals surface area contributed by atoms with Crippen LogP contribution in [0.2, 0.25) is 0 Å². The van der Waals surface area contributed by atoms with Gasteiger partial charge in [0.2, 0.25) is 0 Å². The summed E-state index contributed by atoms with van der Waals surface area (Å²) in [5, 5.41) is 0. The van der Waals surface area contributed by atoms with E-state index in [0.29, 0.717) is 5.41 Å². The van der Waals surface area contributed by atoms with Crippen molar-refractivity contribution in [3.05, 3.63) is 119 Å². The summed E-state index contributed by atoms with van der Waals surface area (Å²) in [6.45, 7) is 17.6. The van der Waals surface area contributed by atoms with E-state index < -0.39 is 0 Å². The van der Waals surface area contributed by atoms with Gasteiger partial charge in [-0.25, -0.2) is 0 Å². The second-order valence-corrected chi connectivity index (χ2v) is 9.51. The third-order valence-electron chi connectivity index (χ3n) is 5.75. The van der Waals surface area contributed by atoms with E-state index in [0.717, 1.165) is 0 Å². The third-order valence-corrected chi connectivity index (χ3v) is 5.75. The summed E-state index contributed by atoms with van der Waals surface area (Å²) < 4.78 is 0. The third kappa shape index (κ3) is 11.1. The highest BCUT2D eigenvalue weighted by Crippen LogP contribution is 2.40. The van der Waals surface area contributed by atoms with E-state index >= 15 is 0 Å². The minimum Gasteiger partial charge on any atom is -0.0874 e. The number of hydrogen-bond acceptors (Lipinski definition) is 0. The number of hydrogen-bond donors (Lipinski definition) is 0. The predicted molar refractivity (Wildman–Crippen MR) is 147 cm³/mol. The quantitative estimate of drug-likeness (QED) is 0.320. The van der Waals surface area contributed by atoms with Crippen molar-refractivity contribution in [3.8, 4) is 0 Å². The molecule has 1 rings (SSSR count). The molecule has 0 aromatic carbocycles. The summed E-state index contributed by atoms with van der Waals surface area (Å²) in [5.41, 5.74) is 8.34. The molecule has 0 radical (unpaired) electrons. The van der Waals surface area contributed by atoms with Gasteiger partial charge in [-0.15, -0.1) is 0 Å². The lowest BCUT2D eigenvalue weighted by molar-refractivity contribution is 0.377. The summed E-state index contributed by atoms with van der Waals surface area (Å²) in [6.07, 6.45) is 33.8. The molecule has 0 fully saturated rings. The Kier molecular flexibility index (Phi) is 12.4. The maximum Gasteiger partial charge on any atom is -0.0104 e. The first kappa shape index (κ1) is 27.4. The fraction of sp³-hybridized carbons (Fsp3) is 0.375. The normalized spacial score (nSPS) is 19.8. The van der Waals surface area contributed by atoms with E-state index in [9.17, 15) is 0 Å². The van der Waals surface area contributed by atoms with Gasteiger partial charge < -0.3 is 0 Å². The summed E-state index contributed by atoms with van der Waals surface area (Å²) >= 11 is 0. The Labute approximate surface area is 198 Å². The van der Waals surface area contributed by atoms with Crippen LogP contribution in [0.25, 0.3) is 0 Å². The highest BCUT2D eigenvalue weighted by atomic mass is 14.3. The Balaban J connectivity index is 2.64. The van der Waals surface area contributed by atoms with Gasteiger partial charge in [-0.05, 0) is 71.8 Å². The van der Waals surface area contributed by atoms with Crippen LogP contribution >= 0.6 is 0 Å². The van der Waals surface area contributed by atoms with Crippen LogP contribution in [0, 0.1) is 5.41 Å². The lowest BCUT2D eigenvalue weighted by Crippen LogP contribution is -2.19. The fourth-order valence-corrected chi connectivity index (χ4v) is 3.83. The van der Waals surface area contributed by atoms with Gasteiger partial charge >= 0.3 is 0 Å². The predicted octanol–water partition coefficient (Wildman–Crippen LogP) is 10.1. The van der Waals surface area contributed by atoms with Gasteiger partial charge in [-0.3, -0.25) is 0 Å². The molecule has 0 bridgehead atoms. The largest absolute Gasteiger partial charge is 0.0874 e. The van der Waals surface area contributed by atoms with Crippen molar-refractivity contribution in [2.24, 2.45) is 5.41 Å². The fourth-order valence-electron chi connectivity index (χ4n) is 3.83. The van der Waals surface area contributed by atoms with Crippen molar-refractivity contribution in [2.45, 2.75) is 74.7 Å². The maximum atomic E-state index is 2.37. The van der Waals surface area contributed by atoms with Gasteiger partial charge in [0.1, 0.15) is 0 Å². The molecule has 0 saturated heterocycles. The van der Waals surface area contributed by atoms with Crippen LogP contribution in [-0.4, -0.2) is 0 Å². The number of rotatable bonds is 9. The van der Waals surface area contributed by atoms with Crippen molar-refractivity contribution in [1.29, 1.82) is 0 Å². The van der Waals surface area contributed by atoms with E-state index in [1.807, 2.05) is 6.92 Å². The molecule has 172 valence electrons. The molecule has 0 atom stereocenters. The van der Waals surface area contributed by atoms with E-state index in [1.165, 1.54) is 47.1 Å². The summed E-state index contributed by atoms with van der Waals surface area (Å²) in [7, 11) is 0. The Hall–Kier alpha value is -2.60. The lowest BCUT2D eigenvalue weighted by atomic mass is 9.72. The molecule has 0 heteroatoms. The maximum absolute atomic E-state index is 2.37. The molecule has 0 aromatic rings. The monoisotopic (exact) mass is 428 g/mol. The molecular formula is C32H44. The molecule has 0 unspecified atom stereocenters. The van der Waals surface area contributed by atoms with Gasteiger partial charge in [0.15, 0.2) is 0 Å². The minimum atomic E-state index is 0.297. The van der Waals surface area contributed by atoms with E-state index in [1.54, 1.807) is 5.57 Å². The van der Waals surface area contributed by atoms with Crippen molar-refractivity contribution in [1.82, 2.24) is 0 Å². The standard InChI is InChI=1S/C32H44/c1-9-15-26(2)18-12-19-27(3)16-10-11-17-28(4)20-13-21-29(5)23-24-31-30(6)22-14-25-32(31,7)8/h9-13,15-21,23-24H,14,22,25H2,1-8H3. The first-order valence-electron chi connectivity index (χ1n) is 11.9. The van der Waals surface area contributed by atoms with Crippen LogP contribution in [-0.2, 0) is 0 Å². The topological polar surface area (TPSA) is 0 Å². The van der Waals surface area contributed by atoms with Gasteiger partial charge in [0.05, 0.1) is 0 Å². The van der Waals surface area contributed by atoms with E-state index in [-0.39, 0.29) is 0 Å². The highest BCUT2D eigenvalue weighted by Gasteiger charge is 2.26. The van der Waals surface area contributed by atoms with E-state index in [2.05, 4.69) is 134 Å². The molecule has 0 aliphatic heterocycles. The molecule has 1 aliphatic carbocycles. The molecule has 0 N–H and O–H groups in total. The smallest absolute Gasteiger partial charge is 0.0104 e. The van der Waals surface area contributed by atoms with Crippen molar-refractivity contribution in [2.75, 3.05) is 0 Å². The van der Waals surface area contributed by atoms with Crippen molar-refractivity contribution >= 4 is 0 Å². The highest BCUT2D eigenvalue weighted by molar-refractivity contribution is 5.37. The van der Waals surface area contributed by atoms with Crippen molar-refractivity contribution in [3.63, 3.8) is 0 Å².